The first-order valence-corrected chi connectivity index (χ1v) is 9.14. The zero-order valence-corrected chi connectivity index (χ0v) is 16.0. The lowest BCUT2D eigenvalue weighted by Gasteiger charge is -2.13. The van der Waals surface area contributed by atoms with Gasteiger partial charge in [0.05, 0.1) is 11.1 Å². The van der Waals surface area contributed by atoms with E-state index < -0.39 is 5.82 Å². The van der Waals surface area contributed by atoms with Crippen molar-refractivity contribution in [1.82, 2.24) is 10.3 Å². The molecule has 3 rings (SSSR count). The molecule has 1 aliphatic rings. The molecule has 142 valence electrons. The molecule has 1 aromatic heterocycles. The van der Waals surface area contributed by atoms with Crippen molar-refractivity contribution in [3.8, 4) is 0 Å². The monoisotopic (exact) mass is 369 g/mol. The average Bonchev–Trinajstić information content (AvgIpc) is 3.04. The van der Waals surface area contributed by atoms with Crippen LogP contribution < -0.4 is 10.6 Å². The smallest absolute Gasteiger partial charge is 0.256 e. The number of hydrogen-bond donors (Lipinski definition) is 3. The maximum atomic E-state index is 13.6. The number of nitrogens with one attached hydrogen (secondary N) is 3. The number of hydrogen-bond acceptors (Lipinski definition) is 2. The molecule has 6 heteroatoms. The second-order valence-electron chi connectivity index (χ2n) is 7.03. The summed E-state index contributed by atoms with van der Waals surface area (Å²) >= 11 is 0. The van der Waals surface area contributed by atoms with Crippen molar-refractivity contribution in [2.45, 2.75) is 46.6 Å². The van der Waals surface area contributed by atoms with Gasteiger partial charge in [-0.2, -0.15) is 0 Å². The maximum absolute atomic E-state index is 13.6. The zero-order chi connectivity index (χ0) is 19.7. The molecule has 2 heterocycles. The van der Waals surface area contributed by atoms with E-state index >= 15 is 0 Å². The van der Waals surface area contributed by atoms with Crippen LogP contribution in [0, 0.1) is 19.7 Å². The fourth-order valence-corrected chi connectivity index (χ4v) is 3.51. The van der Waals surface area contributed by atoms with E-state index in [0.717, 1.165) is 24.1 Å². The van der Waals surface area contributed by atoms with Gasteiger partial charge < -0.3 is 15.6 Å². The predicted octanol–water partition coefficient (Wildman–Crippen LogP) is 4.18. The Balaban J connectivity index is 1.96. The van der Waals surface area contributed by atoms with E-state index in [0.29, 0.717) is 28.1 Å². The Labute approximate surface area is 158 Å². The molecule has 0 radical (unpaired) electrons. The Morgan fingerprint density at radius 2 is 2.07 bits per heavy atom. The van der Waals surface area contributed by atoms with Gasteiger partial charge in [-0.15, -0.1) is 0 Å². The number of anilines is 1. The van der Waals surface area contributed by atoms with Crippen LogP contribution in [0.5, 0.6) is 0 Å². The number of aryl methyl sites for hydroxylation is 1. The number of aromatic amines is 1. The number of aromatic nitrogens is 1. The second kappa shape index (κ2) is 7.39. The molecule has 0 spiro atoms. The lowest BCUT2D eigenvalue weighted by molar-refractivity contribution is -0.110. The SMILES string of the molecule is CCC[C@H](C)NC(=O)c1c(C)[nH]c(/C=C2\C(=O)Nc3ccc(F)cc32)c1C. The summed E-state index contributed by atoms with van der Waals surface area (Å²) < 4.78 is 13.6. The third-order valence-corrected chi connectivity index (χ3v) is 4.86. The van der Waals surface area contributed by atoms with Crippen molar-refractivity contribution in [3.63, 3.8) is 0 Å². The van der Waals surface area contributed by atoms with Gasteiger partial charge in [-0.25, -0.2) is 4.39 Å². The first-order valence-electron chi connectivity index (χ1n) is 9.14. The second-order valence-corrected chi connectivity index (χ2v) is 7.03. The van der Waals surface area contributed by atoms with Crippen LogP contribution in [0.15, 0.2) is 18.2 Å². The van der Waals surface area contributed by atoms with E-state index in [4.69, 9.17) is 0 Å². The van der Waals surface area contributed by atoms with Gasteiger partial charge in [0.15, 0.2) is 0 Å². The quantitative estimate of drug-likeness (QED) is 0.692. The summed E-state index contributed by atoms with van der Waals surface area (Å²) in [7, 11) is 0. The van der Waals surface area contributed by atoms with E-state index in [1.807, 2.05) is 20.8 Å². The van der Waals surface area contributed by atoms with E-state index in [2.05, 4.69) is 22.5 Å². The molecule has 27 heavy (non-hydrogen) atoms. The Morgan fingerprint density at radius 3 is 2.78 bits per heavy atom. The van der Waals surface area contributed by atoms with Gasteiger partial charge in [0.1, 0.15) is 5.82 Å². The summed E-state index contributed by atoms with van der Waals surface area (Å²) in [5, 5.41) is 5.74. The lowest BCUT2D eigenvalue weighted by atomic mass is 10.0. The van der Waals surface area contributed by atoms with Crippen LogP contribution in [0.4, 0.5) is 10.1 Å². The zero-order valence-electron chi connectivity index (χ0n) is 16.0. The van der Waals surface area contributed by atoms with Gasteiger partial charge in [-0.05, 0) is 57.0 Å². The van der Waals surface area contributed by atoms with E-state index in [1.54, 1.807) is 12.1 Å². The van der Waals surface area contributed by atoms with Crippen molar-refractivity contribution < 1.29 is 14.0 Å². The molecule has 0 unspecified atom stereocenters. The van der Waals surface area contributed by atoms with Crippen molar-refractivity contribution >= 4 is 29.2 Å². The number of H-pyrrole nitrogens is 1. The molecule has 2 aromatic rings. The van der Waals surface area contributed by atoms with Crippen LogP contribution in [-0.2, 0) is 4.79 Å². The normalized spacial score (nSPS) is 15.6. The highest BCUT2D eigenvalue weighted by Crippen LogP contribution is 2.34. The van der Waals surface area contributed by atoms with Gasteiger partial charge in [0.25, 0.3) is 11.8 Å². The number of benzene rings is 1. The van der Waals surface area contributed by atoms with Crippen molar-refractivity contribution in [2.24, 2.45) is 0 Å². The first kappa shape index (κ1) is 18.9. The van der Waals surface area contributed by atoms with Crippen LogP contribution in [0.1, 0.15) is 59.6 Å². The number of rotatable bonds is 5. The van der Waals surface area contributed by atoms with Gasteiger partial charge in [-0.3, -0.25) is 9.59 Å². The van der Waals surface area contributed by atoms with Crippen LogP contribution in [-0.4, -0.2) is 22.8 Å². The standard InChI is InChI=1S/C21H24FN3O2/c1-5-6-11(2)23-21(27)19-12(3)18(24-13(19)4)10-16-15-9-14(22)7-8-17(15)25-20(16)26/h7-11,24H,5-6H2,1-4H3,(H,23,27)(H,25,26)/b16-10-/t11-/m0/s1. The van der Waals surface area contributed by atoms with Gasteiger partial charge in [0.2, 0.25) is 0 Å². The largest absolute Gasteiger partial charge is 0.358 e. The highest BCUT2D eigenvalue weighted by atomic mass is 19.1. The molecular formula is C21H24FN3O2. The van der Waals surface area contributed by atoms with E-state index in [1.165, 1.54) is 12.1 Å². The van der Waals surface area contributed by atoms with Gasteiger partial charge in [0, 0.05) is 28.7 Å². The third-order valence-electron chi connectivity index (χ3n) is 4.86. The maximum Gasteiger partial charge on any atom is 0.256 e. The van der Waals surface area contributed by atoms with Crippen LogP contribution in [0.2, 0.25) is 0 Å². The molecule has 0 saturated heterocycles. The Hall–Kier alpha value is -2.89. The summed E-state index contributed by atoms with van der Waals surface area (Å²) in [5.74, 6) is -0.820. The summed E-state index contributed by atoms with van der Waals surface area (Å²) in [6.07, 6.45) is 3.58. The summed E-state index contributed by atoms with van der Waals surface area (Å²) in [6, 6.07) is 4.29. The van der Waals surface area contributed by atoms with Crippen LogP contribution in [0.25, 0.3) is 11.6 Å². The number of amides is 2. The minimum absolute atomic E-state index is 0.0912. The number of fused-ring (bicyclic) bond motifs is 1. The van der Waals surface area contributed by atoms with Gasteiger partial charge >= 0.3 is 0 Å². The summed E-state index contributed by atoms with van der Waals surface area (Å²) in [4.78, 5) is 28.1. The fraction of sp³-hybridized carbons (Fsp3) is 0.333. The van der Waals surface area contributed by atoms with Crippen molar-refractivity contribution in [3.05, 3.63) is 52.1 Å². The van der Waals surface area contributed by atoms with E-state index in [-0.39, 0.29) is 17.9 Å². The van der Waals surface area contributed by atoms with Crippen molar-refractivity contribution in [1.29, 1.82) is 0 Å². The van der Waals surface area contributed by atoms with Crippen LogP contribution >= 0.6 is 0 Å². The van der Waals surface area contributed by atoms with Crippen LogP contribution in [0.3, 0.4) is 0 Å². The van der Waals surface area contributed by atoms with Crippen molar-refractivity contribution in [2.75, 3.05) is 5.32 Å². The molecular weight excluding hydrogens is 345 g/mol. The van der Waals surface area contributed by atoms with Gasteiger partial charge in [-0.1, -0.05) is 13.3 Å². The molecule has 1 atom stereocenters. The highest BCUT2D eigenvalue weighted by Gasteiger charge is 2.26. The molecule has 0 fully saturated rings. The summed E-state index contributed by atoms with van der Waals surface area (Å²) in [6.45, 7) is 7.73. The minimum Gasteiger partial charge on any atom is -0.358 e. The molecule has 2 amide bonds. The Morgan fingerprint density at radius 1 is 1.33 bits per heavy atom. The predicted molar refractivity (Wildman–Crippen MR) is 105 cm³/mol. The Bertz CT molecular complexity index is 943. The molecule has 0 aliphatic carbocycles. The average molecular weight is 369 g/mol. The number of carbonyl (C=O) groups excluding carboxylic acids is 2. The highest BCUT2D eigenvalue weighted by molar-refractivity contribution is 6.34. The first-order chi connectivity index (χ1) is 12.8. The molecule has 1 aromatic carbocycles. The van der Waals surface area contributed by atoms with E-state index in [9.17, 15) is 14.0 Å². The Kier molecular flexibility index (Phi) is 5.17. The number of halogens is 1. The lowest BCUT2D eigenvalue weighted by Crippen LogP contribution is -2.32. The summed E-state index contributed by atoms with van der Waals surface area (Å²) in [5.41, 5.74) is 4.23. The minimum atomic E-state index is -0.402. The fourth-order valence-electron chi connectivity index (χ4n) is 3.51. The molecule has 0 saturated carbocycles. The topological polar surface area (TPSA) is 74.0 Å². The third kappa shape index (κ3) is 3.65. The molecule has 5 nitrogen and oxygen atoms in total. The molecule has 1 aliphatic heterocycles. The molecule has 0 bridgehead atoms. The molecule has 3 N–H and O–H groups in total. The number of carbonyl (C=O) groups is 2.